The molecule has 1 aliphatic carbocycles. The predicted molar refractivity (Wildman–Crippen MR) is 126 cm³/mol. The van der Waals surface area contributed by atoms with Crippen LogP contribution in [-0.2, 0) is 10.2 Å². The molecule has 0 saturated heterocycles. The van der Waals surface area contributed by atoms with Crippen LogP contribution in [0.4, 0.5) is 0 Å². The molecule has 0 aliphatic heterocycles. The molecule has 1 amide bonds. The first-order valence-electron chi connectivity index (χ1n) is 10.9. The van der Waals surface area contributed by atoms with Gasteiger partial charge in [0.2, 0.25) is 5.91 Å². The molecule has 0 bridgehead atoms. The van der Waals surface area contributed by atoms with Gasteiger partial charge in [-0.2, -0.15) is 0 Å². The van der Waals surface area contributed by atoms with Crippen molar-refractivity contribution >= 4 is 17.7 Å². The van der Waals surface area contributed by atoms with E-state index in [4.69, 9.17) is 5.73 Å². The zero-order valence-electron chi connectivity index (χ0n) is 18.4. The summed E-state index contributed by atoms with van der Waals surface area (Å²) < 4.78 is 2.24. The van der Waals surface area contributed by atoms with Gasteiger partial charge >= 0.3 is 0 Å². The molecule has 1 aromatic heterocycles. The minimum absolute atomic E-state index is 0.100. The van der Waals surface area contributed by atoms with E-state index in [2.05, 4.69) is 59.8 Å². The summed E-state index contributed by atoms with van der Waals surface area (Å²) in [4.78, 5) is 12.3. The lowest BCUT2D eigenvalue weighted by Gasteiger charge is -2.21. The molecule has 31 heavy (non-hydrogen) atoms. The molecular weight excluding hydrogens is 404 g/mol. The Kier molecular flexibility index (Phi) is 6.19. The fraction of sp³-hybridized carbons (Fsp3) is 0.400. The Bertz CT molecular complexity index is 1030. The van der Waals surface area contributed by atoms with Gasteiger partial charge in [0, 0.05) is 11.6 Å². The second-order valence-corrected chi connectivity index (χ2v) is 10.3. The summed E-state index contributed by atoms with van der Waals surface area (Å²) in [6, 6.07) is 18.6. The third-order valence-electron chi connectivity index (χ3n) is 5.95. The SMILES string of the molecule is CC(C)(C)c1ccc(-c2nnc(SC(C(N)=O)c3ccccc3)n2C2CCCC2)cc1. The van der Waals surface area contributed by atoms with E-state index >= 15 is 0 Å². The molecular formula is C25H30N4OS. The highest BCUT2D eigenvalue weighted by Crippen LogP contribution is 2.41. The van der Waals surface area contributed by atoms with Gasteiger partial charge in [-0.25, -0.2) is 0 Å². The van der Waals surface area contributed by atoms with Gasteiger partial charge in [-0.1, -0.05) is 100.0 Å². The maximum absolute atomic E-state index is 12.3. The average Bonchev–Trinajstić information content (AvgIpc) is 3.41. The van der Waals surface area contributed by atoms with Crippen molar-refractivity contribution < 1.29 is 4.79 Å². The highest BCUT2D eigenvalue weighted by atomic mass is 32.2. The van der Waals surface area contributed by atoms with E-state index in [1.54, 1.807) is 0 Å². The first-order chi connectivity index (χ1) is 14.8. The van der Waals surface area contributed by atoms with Crippen LogP contribution in [0.3, 0.4) is 0 Å². The van der Waals surface area contributed by atoms with Crippen LogP contribution in [-0.4, -0.2) is 20.7 Å². The topological polar surface area (TPSA) is 73.8 Å². The molecule has 2 N–H and O–H groups in total. The van der Waals surface area contributed by atoms with Crippen molar-refractivity contribution in [2.24, 2.45) is 5.73 Å². The summed E-state index contributed by atoms with van der Waals surface area (Å²) in [5.41, 5.74) is 9.10. The van der Waals surface area contributed by atoms with Crippen molar-refractivity contribution in [2.75, 3.05) is 0 Å². The van der Waals surface area contributed by atoms with E-state index in [1.807, 2.05) is 30.3 Å². The second-order valence-electron chi connectivity index (χ2n) is 9.25. The van der Waals surface area contributed by atoms with Crippen molar-refractivity contribution in [3.05, 3.63) is 65.7 Å². The predicted octanol–water partition coefficient (Wildman–Crippen LogP) is 5.68. The van der Waals surface area contributed by atoms with Gasteiger partial charge in [0.15, 0.2) is 11.0 Å². The smallest absolute Gasteiger partial charge is 0.235 e. The highest BCUT2D eigenvalue weighted by Gasteiger charge is 2.29. The maximum atomic E-state index is 12.3. The van der Waals surface area contributed by atoms with Crippen molar-refractivity contribution in [1.82, 2.24) is 14.8 Å². The van der Waals surface area contributed by atoms with Gasteiger partial charge in [-0.05, 0) is 29.4 Å². The largest absolute Gasteiger partial charge is 0.368 e. The summed E-state index contributed by atoms with van der Waals surface area (Å²) in [6.45, 7) is 6.64. The number of benzene rings is 2. The Morgan fingerprint density at radius 1 is 1.03 bits per heavy atom. The van der Waals surface area contributed by atoms with Crippen molar-refractivity contribution in [3.63, 3.8) is 0 Å². The van der Waals surface area contributed by atoms with Crippen LogP contribution in [0.2, 0.25) is 0 Å². The first-order valence-corrected chi connectivity index (χ1v) is 11.8. The van der Waals surface area contributed by atoms with Gasteiger partial charge in [0.25, 0.3) is 0 Å². The molecule has 1 aliphatic rings. The quantitative estimate of drug-likeness (QED) is 0.507. The number of aromatic nitrogens is 3. The van der Waals surface area contributed by atoms with Gasteiger partial charge in [0.1, 0.15) is 5.25 Å². The van der Waals surface area contributed by atoms with E-state index in [-0.39, 0.29) is 11.3 Å². The van der Waals surface area contributed by atoms with Crippen LogP contribution in [0, 0.1) is 0 Å². The molecule has 6 heteroatoms. The Morgan fingerprint density at radius 3 is 2.26 bits per heavy atom. The molecule has 0 radical (unpaired) electrons. The number of rotatable bonds is 6. The molecule has 162 valence electrons. The molecule has 3 aromatic rings. The van der Waals surface area contributed by atoms with Crippen molar-refractivity contribution in [1.29, 1.82) is 0 Å². The third kappa shape index (κ3) is 4.69. The number of nitrogens with zero attached hydrogens (tertiary/aromatic N) is 3. The minimum atomic E-state index is -0.498. The number of carbonyl (C=O) groups excluding carboxylic acids is 1. The highest BCUT2D eigenvalue weighted by molar-refractivity contribution is 8.00. The summed E-state index contributed by atoms with van der Waals surface area (Å²) >= 11 is 1.40. The zero-order valence-corrected chi connectivity index (χ0v) is 19.2. The number of hydrogen-bond acceptors (Lipinski definition) is 4. The Hall–Kier alpha value is -2.60. The second kappa shape index (κ2) is 8.87. The molecule has 4 rings (SSSR count). The maximum Gasteiger partial charge on any atom is 0.235 e. The number of amides is 1. The van der Waals surface area contributed by atoms with Crippen LogP contribution < -0.4 is 5.73 Å². The molecule has 2 aromatic carbocycles. The molecule has 0 spiro atoms. The molecule has 5 nitrogen and oxygen atoms in total. The third-order valence-corrected chi connectivity index (χ3v) is 7.18. The number of hydrogen-bond donors (Lipinski definition) is 1. The lowest BCUT2D eigenvalue weighted by molar-refractivity contribution is -0.117. The van der Waals surface area contributed by atoms with Gasteiger partial charge in [-0.3, -0.25) is 9.36 Å². The lowest BCUT2D eigenvalue weighted by atomic mass is 9.86. The van der Waals surface area contributed by atoms with Gasteiger partial charge in [0.05, 0.1) is 0 Å². The van der Waals surface area contributed by atoms with E-state index in [9.17, 15) is 4.79 Å². The Balaban J connectivity index is 1.72. The minimum Gasteiger partial charge on any atom is -0.368 e. The number of thioether (sulfide) groups is 1. The van der Waals surface area contributed by atoms with Crippen LogP contribution in [0.25, 0.3) is 11.4 Å². The lowest BCUT2D eigenvalue weighted by Crippen LogP contribution is -2.20. The van der Waals surface area contributed by atoms with Gasteiger partial charge in [-0.15, -0.1) is 10.2 Å². The molecule has 1 fully saturated rings. The molecule has 1 heterocycles. The normalized spacial score (nSPS) is 15.8. The van der Waals surface area contributed by atoms with Crippen LogP contribution in [0.15, 0.2) is 59.8 Å². The van der Waals surface area contributed by atoms with Crippen LogP contribution >= 0.6 is 11.8 Å². The molecule has 1 unspecified atom stereocenters. The summed E-state index contributed by atoms with van der Waals surface area (Å²) in [7, 11) is 0. The van der Waals surface area contributed by atoms with Crippen molar-refractivity contribution in [2.45, 2.75) is 68.3 Å². The first kappa shape index (κ1) is 21.6. The molecule has 1 saturated carbocycles. The fourth-order valence-electron chi connectivity index (χ4n) is 4.19. The monoisotopic (exact) mass is 434 g/mol. The van der Waals surface area contributed by atoms with Crippen LogP contribution in [0.1, 0.15) is 68.9 Å². The van der Waals surface area contributed by atoms with E-state index in [0.29, 0.717) is 6.04 Å². The summed E-state index contributed by atoms with van der Waals surface area (Å²) in [6.07, 6.45) is 4.61. The number of primary amides is 1. The fourth-order valence-corrected chi connectivity index (χ4v) is 5.25. The van der Waals surface area contributed by atoms with Crippen molar-refractivity contribution in [3.8, 4) is 11.4 Å². The van der Waals surface area contributed by atoms with E-state index in [1.165, 1.54) is 30.2 Å². The van der Waals surface area contributed by atoms with Crippen LogP contribution in [0.5, 0.6) is 0 Å². The Labute approximate surface area is 188 Å². The number of nitrogens with two attached hydrogens (primary N) is 1. The number of carbonyl (C=O) groups is 1. The Morgan fingerprint density at radius 2 is 1.68 bits per heavy atom. The summed E-state index contributed by atoms with van der Waals surface area (Å²) in [5, 5.41) is 9.35. The average molecular weight is 435 g/mol. The zero-order chi connectivity index (χ0) is 22.0. The van der Waals surface area contributed by atoms with E-state index < -0.39 is 5.25 Å². The standard InChI is InChI=1S/C25H30N4OS/c1-25(2,3)19-15-13-18(14-16-19)23-27-28-24(29(23)20-11-7-8-12-20)31-21(22(26)30)17-9-5-4-6-10-17/h4-6,9-10,13-16,20-21H,7-8,11-12H2,1-3H3,(H2,26,30). The molecule has 1 atom stereocenters. The van der Waals surface area contributed by atoms with Gasteiger partial charge < -0.3 is 5.73 Å². The summed E-state index contributed by atoms with van der Waals surface area (Å²) in [5.74, 6) is 0.499. The van der Waals surface area contributed by atoms with E-state index in [0.717, 1.165) is 34.9 Å².